The van der Waals surface area contributed by atoms with Crippen molar-refractivity contribution in [2.45, 2.75) is 6.54 Å². The van der Waals surface area contributed by atoms with Crippen molar-refractivity contribution < 1.29 is 9.50 Å². The van der Waals surface area contributed by atoms with Gasteiger partial charge in [0.1, 0.15) is 11.6 Å². The van der Waals surface area contributed by atoms with Crippen LogP contribution < -0.4 is 5.32 Å². The van der Waals surface area contributed by atoms with E-state index >= 15 is 0 Å². The van der Waals surface area contributed by atoms with E-state index < -0.39 is 5.82 Å². The first-order chi connectivity index (χ1) is 9.70. The summed E-state index contributed by atoms with van der Waals surface area (Å²) < 4.78 is 13.2. The predicted molar refractivity (Wildman–Crippen MR) is 77.1 cm³/mol. The van der Waals surface area contributed by atoms with E-state index in [9.17, 15) is 9.50 Å². The Balaban J connectivity index is 1.79. The largest absolute Gasteiger partial charge is 0.508 e. The number of phenolic OH excluding ortho intramolecular Hbond substituents is 1. The van der Waals surface area contributed by atoms with Gasteiger partial charge < -0.3 is 10.4 Å². The van der Waals surface area contributed by atoms with Crippen LogP contribution in [0.2, 0.25) is 0 Å². The monoisotopic (exact) mass is 268 g/mol. The summed E-state index contributed by atoms with van der Waals surface area (Å²) in [7, 11) is 0. The molecule has 2 aromatic carbocycles. The first-order valence-electron chi connectivity index (χ1n) is 6.28. The molecule has 0 aliphatic carbocycles. The fraction of sp³-hybridized carbons (Fsp3) is 0.0625. The number of nitrogens with one attached hydrogen (secondary N) is 1. The second-order valence-corrected chi connectivity index (χ2v) is 4.58. The van der Waals surface area contributed by atoms with Gasteiger partial charge in [-0.3, -0.25) is 4.98 Å². The van der Waals surface area contributed by atoms with Crippen molar-refractivity contribution in [3.8, 4) is 5.75 Å². The van der Waals surface area contributed by atoms with Gasteiger partial charge >= 0.3 is 0 Å². The second kappa shape index (κ2) is 5.17. The van der Waals surface area contributed by atoms with Crippen LogP contribution >= 0.6 is 0 Å². The fourth-order valence-electron chi connectivity index (χ4n) is 2.13. The van der Waals surface area contributed by atoms with Gasteiger partial charge in [0.15, 0.2) is 0 Å². The maximum absolute atomic E-state index is 13.2. The highest BCUT2D eigenvalue weighted by atomic mass is 19.1. The molecule has 0 saturated carbocycles. The minimum Gasteiger partial charge on any atom is -0.508 e. The Bertz CT molecular complexity index is 738. The van der Waals surface area contributed by atoms with Gasteiger partial charge in [0.2, 0.25) is 0 Å². The zero-order valence-electron chi connectivity index (χ0n) is 10.7. The van der Waals surface area contributed by atoms with Gasteiger partial charge in [-0.25, -0.2) is 4.39 Å². The molecule has 0 fully saturated rings. The molecule has 3 aromatic rings. The second-order valence-electron chi connectivity index (χ2n) is 4.58. The summed E-state index contributed by atoms with van der Waals surface area (Å²) in [5.74, 6) is -0.506. The number of fused-ring (bicyclic) bond motifs is 1. The van der Waals surface area contributed by atoms with Crippen LogP contribution in [0, 0.1) is 5.82 Å². The molecule has 4 heteroatoms. The fourth-order valence-corrected chi connectivity index (χ4v) is 2.13. The van der Waals surface area contributed by atoms with Crippen molar-refractivity contribution in [3.63, 3.8) is 0 Å². The van der Waals surface area contributed by atoms with Crippen LogP contribution in [0.15, 0.2) is 54.7 Å². The molecule has 0 unspecified atom stereocenters. The minimum atomic E-state index is -0.440. The number of anilines is 1. The Morgan fingerprint density at radius 3 is 2.85 bits per heavy atom. The molecule has 3 nitrogen and oxygen atoms in total. The van der Waals surface area contributed by atoms with E-state index in [1.165, 1.54) is 6.07 Å². The molecule has 0 aliphatic rings. The Hall–Kier alpha value is -2.62. The van der Waals surface area contributed by atoms with Crippen molar-refractivity contribution in [2.24, 2.45) is 0 Å². The van der Waals surface area contributed by atoms with E-state index in [0.29, 0.717) is 12.1 Å². The van der Waals surface area contributed by atoms with E-state index in [-0.39, 0.29) is 5.75 Å². The number of benzene rings is 2. The quantitative estimate of drug-likeness (QED) is 0.761. The van der Waals surface area contributed by atoms with Gasteiger partial charge in [0.25, 0.3) is 0 Å². The number of hydrogen-bond acceptors (Lipinski definition) is 3. The molecular weight excluding hydrogens is 255 g/mol. The molecule has 1 aromatic heterocycles. The Kier molecular flexibility index (Phi) is 3.21. The van der Waals surface area contributed by atoms with Crippen LogP contribution in [0.1, 0.15) is 5.56 Å². The summed E-state index contributed by atoms with van der Waals surface area (Å²) in [5.41, 5.74) is 2.55. The highest BCUT2D eigenvalue weighted by Crippen LogP contribution is 2.19. The van der Waals surface area contributed by atoms with Gasteiger partial charge in [-0.1, -0.05) is 6.07 Å². The van der Waals surface area contributed by atoms with Crippen LogP contribution in [-0.2, 0) is 6.54 Å². The number of aromatic hydroxyl groups is 1. The normalized spacial score (nSPS) is 10.7. The lowest BCUT2D eigenvalue weighted by atomic mass is 10.1. The van der Waals surface area contributed by atoms with Crippen LogP contribution in [0.3, 0.4) is 0 Å². The number of nitrogens with zero attached hydrogens (tertiary/aromatic N) is 1. The lowest BCUT2D eigenvalue weighted by Crippen LogP contribution is -1.99. The molecule has 0 radical (unpaired) electrons. The topological polar surface area (TPSA) is 45.1 Å². The predicted octanol–water partition coefficient (Wildman–Crippen LogP) is 3.69. The van der Waals surface area contributed by atoms with Gasteiger partial charge in [-0.15, -0.1) is 0 Å². The number of hydrogen-bond donors (Lipinski definition) is 2. The Morgan fingerprint density at radius 1 is 1.10 bits per heavy atom. The zero-order valence-corrected chi connectivity index (χ0v) is 10.7. The molecule has 0 bridgehead atoms. The van der Waals surface area contributed by atoms with Crippen molar-refractivity contribution in [3.05, 3.63) is 66.1 Å². The smallest absolute Gasteiger partial charge is 0.127 e. The molecule has 0 spiro atoms. The first-order valence-corrected chi connectivity index (χ1v) is 6.28. The number of pyridine rings is 1. The summed E-state index contributed by atoms with van der Waals surface area (Å²) in [6.07, 6.45) is 1.75. The summed E-state index contributed by atoms with van der Waals surface area (Å²) in [6, 6.07) is 13.7. The van der Waals surface area contributed by atoms with Crippen LogP contribution in [0.25, 0.3) is 10.9 Å². The summed E-state index contributed by atoms with van der Waals surface area (Å²) in [4.78, 5) is 4.25. The maximum Gasteiger partial charge on any atom is 0.127 e. The molecule has 1 heterocycles. The van der Waals surface area contributed by atoms with Crippen LogP contribution in [0.5, 0.6) is 5.75 Å². The number of phenols is 1. The molecule has 0 aliphatic heterocycles. The lowest BCUT2D eigenvalue weighted by molar-refractivity contribution is 0.468. The van der Waals surface area contributed by atoms with Gasteiger partial charge in [0, 0.05) is 29.9 Å². The standard InChI is InChI=1S/C16H13FN2O/c17-13-6-11(7-15(20)9-13)10-19-14-3-4-16-12(8-14)2-1-5-18-16/h1-9,19-20H,10H2. The van der Waals surface area contributed by atoms with E-state index in [4.69, 9.17) is 0 Å². The van der Waals surface area contributed by atoms with E-state index in [1.807, 2.05) is 30.3 Å². The third-order valence-corrected chi connectivity index (χ3v) is 3.04. The van der Waals surface area contributed by atoms with Gasteiger partial charge in [0.05, 0.1) is 5.52 Å². The van der Waals surface area contributed by atoms with Crippen molar-refractivity contribution in [2.75, 3.05) is 5.32 Å². The van der Waals surface area contributed by atoms with Crippen molar-refractivity contribution in [1.29, 1.82) is 0 Å². The molecule has 0 amide bonds. The SMILES string of the molecule is Oc1cc(F)cc(CNc2ccc3ncccc3c2)c1. The zero-order chi connectivity index (χ0) is 13.9. The summed E-state index contributed by atoms with van der Waals surface area (Å²) in [6.45, 7) is 0.442. The molecule has 2 N–H and O–H groups in total. The maximum atomic E-state index is 13.2. The number of halogens is 1. The number of rotatable bonds is 3. The van der Waals surface area contributed by atoms with E-state index in [0.717, 1.165) is 22.7 Å². The van der Waals surface area contributed by atoms with Crippen LogP contribution in [-0.4, -0.2) is 10.1 Å². The van der Waals surface area contributed by atoms with Gasteiger partial charge in [-0.05, 0) is 42.0 Å². The summed E-state index contributed by atoms with van der Waals surface area (Å²) in [5, 5.41) is 13.6. The molecule has 20 heavy (non-hydrogen) atoms. The Morgan fingerprint density at radius 2 is 2.00 bits per heavy atom. The third kappa shape index (κ3) is 2.69. The molecular formula is C16H13FN2O. The first kappa shape index (κ1) is 12.4. The molecule has 3 rings (SSSR count). The third-order valence-electron chi connectivity index (χ3n) is 3.04. The number of aromatic nitrogens is 1. The minimum absolute atomic E-state index is 0.0653. The van der Waals surface area contributed by atoms with Crippen molar-refractivity contribution >= 4 is 16.6 Å². The Labute approximate surface area is 115 Å². The van der Waals surface area contributed by atoms with Crippen molar-refractivity contribution in [1.82, 2.24) is 4.98 Å². The average molecular weight is 268 g/mol. The lowest BCUT2D eigenvalue weighted by Gasteiger charge is -2.08. The molecule has 0 atom stereocenters. The average Bonchev–Trinajstić information content (AvgIpc) is 2.44. The molecule has 0 saturated heterocycles. The van der Waals surface area contributed by atoms with E-state index in [1.54, 1.807) is 12.3 Å². The highest BCUT2D eigenvalue weighted by molar-refractivity contribution is 5.82. The summed E-state index contributed by atoms with van der Waals surface area (Å²) >= 11 is 0. The highest BCUT2D eigenvalue weighted by Gasteiger charge is 2.01. The van der Waals surface area contributed by atoms with Crippen LogP contribution in [0.4, 0.5) is 10.1 Å². The van der Waals surface area contributed by atoms with E-state index in [2.05, 4.69) is 10.3 Å². The van der Waals surface area contributed by atoms with Gasteiger partial charge in [-0.2, -0.15) is 0 Å². The molecule has 100 valence electrons.